The van der Waals surface area contributed by atoms with Crippen molar-refractivity contribution in [3.05, 3.63) is 72.6 Å². The van der Waals surface area contributed by atoms with Crippen molar-refractivity contribution in [2.45, 2.75) is 0 Å². The minimum absolute atomic E-state index is 0.209. The van der Waals surface area contributed by atoms with Crippen molar-refractivity contribution in [1.82, 2.24) is 15.1 Å². The topological polar surface area (TPSA) is 88.0 Å². The van der Waals surface area contributed by atoms with Crippen molar-refractivity contribution in [3.8, 4) is 5.69 Å². The van der Waals surface area contributed by atoms with Crippen molar-refractivity contribution < 1.29 is 9.59 Å². The number of urea groups is 1. The first-order valence-corrected chi connectivity index (χ1v) is 7.66. The van der Waals surface area contributed by atoms with Gasteiger partial charge >= 0.3 is 6.03 Å². The van der Waals surface area contributed by atoms with Crippen LogP contribution in [0.2, 0.25) is 0 Å². The number of hydrogen-bond acceptors (Lipinski definition) is 3. The van der Waals surface area contributed by atoms with Crippen LogP contribution in [0.15, 0.2) is 67.0 Å². The lowest BCUT2D eigenvalue weighted by molar-refractivity contribution is 0.102. The highest BCUT2D eigenvalue weighted by Gasteiger charge is 2.07. The van der Waals surface area contributed by atoms with Crippen LogP contribution in [0.3, 0.4) is 0 Å². The molecule has 0 saturated heterocycles. The highest BCUT2D eigenvalue weighted by molar-refractivity contribution is 6.04. The number of hydrogen-bond donors (Lipinski definition) is 3. The van der Waals surface area contributed by atoms with Gasteiger partial charge in [-0.05, 0) is 54.6 Å². The molecule has 0 aliphatic heterocycles. The number of aromatic nitrogens is 2. The first kappa shape index (κ1) is 16.3. The molecule has 3 amide bonds. The van der Waals surface area contributed by atoms with Crippen LogP contribution in [0.25, 0.3) is 5.69 Å². The van der Waals surface area contributed by atoms with E-state index in [4.69, 9.17) is 0 Å². The van der Waals surface area contributed by atoms with E-state index in [-0.39, 0.29) is 11.9 Å². The first-order chi connectivity index (χ1) is 12.2. The van der Waals surface area contributed by atoms with Crippen molar-refractivity contribution in [2.24, 2.45) is 0 Å². The van der Waals surface area contributed by atoms with Crippen LogP contribution in [0, 0.1) is 0 Å². The molecule has 0 atom stereocenters. The average molecular weight is 335 g/mol. The minimum atomic E-state index is -0.297. The maximum atomic E-state index is 12.3. The Morgan fingerprint density at radius 1 is 0.920 bits per heavy atom. The van der Waals surface area contributed by atoms with Crippen molar-refractivity contribution in [3.63, 3.8) is 0 Å². The summed E-state index contributed by atoms with van der Waals surface area (Å²) in [6.45, 7) is 0. The molecular weight excluding hydrogens is 318 g/mol. The van der Waals surface area contributed by atoms with Gasteiger partial charge in [-0.15, -0.1) is 0 Å². The van der Waals surface area contributed by atoms with E-state index in [1.807, 2.05) is 24.4 Å². The predicted octanol–water partition coefficient (Wildman–Crippen LogP) is 2.88. The number of nitrogens with zero attached hydrogens (tertiary/aromatic N) is 2. The summed E-state index contributed by atoms with van der Waals surface area (Å²) in [4.78, 5) is 23.6. The minimum Gasteiger partial charge on any atom is -0.341 e. The van der Waals surface area contributed by atoms with Gasteiger partial charge < -0.3 is 16.0 Å². The van der Waals surface area contributed by atoms with Crippen molar-refractivity contribution in [1.29, 1.82) is 0 Å². The molecule has 0 radical (unpaired) electrons. The fourth-order valence-corrected chi connectivity index (χ4v) is 2.22. The van der Waals surface area contributed by atoms with Gasteiger partial charge in [0.1, 0.15) is 0 Å². The fraction of sp³-hybridized carbons (Fsp3) is 0.0556. The Labute approximate surface area is 144 Å². The molecular formula is C18H17N5O2. The van der Waals surface area contributed by atoms with Crippen LogP contribution in [0.1, 0.15) is 10.4 Å². The van der Waals surface area contributed by atoms with E-state index in [1.165, 1.54) is 0 Å². The van der Waals surface area contributed by atoms with E-state index in [1.54, 1.807) is 54.3 Å². The zero-order chi connectivity index (χ0) is 17.6. The monoisotopic (exact) mass is 335 g/mol. The SMILES string of the molecule is CNC(=O)Nc1ccc(NC(=O)c2ccc(-n3cccn3)cc2)cc1. The smallest absolute Gasteiger partial charge is 0.318 e. The molecule has 0 aliphatic carbocycles. The van der Waals surface area contributed by atoms with Gasteiger partial charge in [0, 0.05) is 36.4 Å². The van der Waals surface area contributed by atoms with Gasteiger partial charge in [-0.2, -0.15) is 5.10 Å². The second-order valence-corrected chi connectivity index (χ2v) is 5.23. The molecule has 0 unspecified atom stereocenters. The van der Waals surface area contributed by atoms with E-state index >= 15 is 0 Å². The molecule has 0 bridgehead atoms. The molecule has 0 saturated carbocycles. The third-order valence-electron chi connectivity index (χ3n) is 3.53. The van der Waals surface area contributed by atoms with E-state index in [9.17, 15) is 9.59 Å². The summed E-state index contributed by atoms with van der Waals surface area (Å²) in [6.07, 6.45) is 3.53. The lowest BCUT2D eigenvalue weighted by Crippen LogP contribution is -2.24. The van der Waals surface area contributed by atoms with Gasteiger partial charge in [0.15, 0.2) is 0 Å². The highest BCUT2D eigenvalue weighted by atomic mass is 16.2. The lowest BCUT2D eigenvalue weighted by Gasteiger charge is -2.08. The van der Waals surface area contributed by atoms with Gasteiger partial charge in [0.2, 0.25) is 0 Å². The standard InChI is InChI=1S/C18H17N5O2/c1-19-18(25)22-15-7-5-14(6-8-15)21-17(24)13-3-9-16(10-4-13)23-12-2-11-20-23/h2-12H,1H3,(H,21,24)(H2,19,22,25). The Bertz CT molecular complexity index is 855. The third-order valence-corrected chi connectivity index (χ3v) is 3.53. The Morgan fingerprint density at radius 3 is 2.12 bits per heavy atom. The fourth-order valence-electron chi connectivity index (χ4n) is 2.22. The van der Waals surface area contributed by atoms with Gasteiger partial charge in [0.25, 0.3) is 5.91 Å². The van der Waals surface area contributed by atoms with Gasteiger partial charge in [-0.3, -0.25) is 4.79 Å². The van der Waals surface area contributed by atoms with Gasteiger partial charge in [0.05, 0.1) is 5.69 Å². The highest BCUT2D eigenvalue weighted by Crippen LogP contribution is 2.15. The maximum absolute atomic E-state index is 12.3. The molecule has 3 rings (SSSR count). The molecule has 3 N–H and O–H groups in total. The molecule has 25 heavy (non-hydrogen) atoms. The average Bonchev–Trinajstić information content (AvgIpc) is 3.18. The number of benzene rings is 2. The summed E-state index contributed by atoms with van der Waals surface area (Å²) in [5, 5.41) is 12.1. The van der Waals surface area contributed by atoms with E-state index in [2.05, 4.69) is 21.0 Å². The van der Waals surface area contributed by atoms with Gasteiger partial charge in [-0.1, -0.05) is 0 Å². The summed E-state index contributed by atoms with van der Waals surface area (Å²) in [5.41, 5.74) is 2.71. The van der Waals surface area contributed by atoms with Crippen molar-refractivity contribution >= 4 is 23.3 Å². The number of carbonyl (C=O) groups is 2. The van der Waals surface area contributed by atoms with E-state index in [0.717, 1.165) is 5.69 Å². The maximum Gasteiger partial charge on any atom is 0.318 e. The third kappa shape index (κ3) is 4.03. The molecule has 1 heterocycles. The number of amides is 3. The molecule has 1 aromatic heterocycles. The molecule has 0 fully saturated rings. The van der Waals surface area contributed by atoms with E-state index < -0.39 is 0 Å². The largest absolute Gasteiger partial charge is 0.341 e. The normalized spacial score (nSPS) is 10.1. The van der Waals surface area contributed by atoms with Crippen molar-refractivity contribution in [2.75, 3.05) is 17.7 Å². The molecule has 0 spiro atoms. The Morgan fingerprint density at radius 2 is 1.56 bits per heavy atom. The van der Waals surface area contributed by atoms with Crippen LogP contribution >= 0.6 is 0 Å². The molecule has 7 nitrogen and oxygen atoms in total. The molecule has 126 valence electrons. The summed E-state index contributed by atoms with van der Waals surface area (Å²) in [5.74, 6) is -0.209. The zero-order valence-electron chi connectivity index (χ0n) is 13.6. The lowest BCUT2D eigenvalue weighted by atomic mass is 10.2. The Hall–Kier alpha value is -3.61. The summed E-state index contributed by atoms with van der Waals surface area (Å²) >= 11 is 0. The molecule has 0 aliphatic rings. The van der Waals surface area contributed by atoms with Crippen LogP contribution < -0.4 is 16.0 Å². The number of anilines is 2. The second-order valence-electron chi connectivity index (χ2n) is 5.23. The first-order valence-electron chi connectivity index (χ1n) is 7.66. The summed E-state index contributed by atoms with van der Waals surface area (Å²) < 4.78 is 1.72. The summed E-state index contributed by atoms with van der Waals surface area (Å²) in [6, 6.07) is 15.6. The summed E-state index contributed by atoms with van der Waals surface area (Å²) in [7, 11) is 1.54. The second kappa shape index (κ2) is 7.31. The number of carbonyl (C=O) groups excluding carboxylic acids is 2. The van der Waals surface area contributed by atoms with Crippen LogP contribution in [-0.2, 0) is 0 Å². The van der Waals surface area contributed by atoms with Gasteiger partial charge in [-0.25, -0.2) is 9.48 Å². The van der Waals surface area contributed by atoms with Crippen LogP contribution in [0.5, 0.6) is 0 Å². The number of nitrogens with one attached hydrogen (secondary N) is 3. The predicted molar refractivity (Wildman–Crippen MR) is 96.0 cm³/mol. The molecule has 3 aromatic rings. The zero-order valence-corrected chi connectivity index (χ0v) is 13.6. The molecule has 2 aromatic carbocycles. The van der Waals surface area contributed by atoms with Crippen LogP contribution in [0.4, 0.5) is 16.2 Å². The number of rotatable bonds is 4. The Kier molecular flexibility index (Phi) is 4.75. The molecule has 7 heteroatoms. The van der Waals surface area contributed by atoms with Crippen LogP contribution in [-0.4, -0.2) is 28.8 Å². The van der Waals surface area contributed by atoms with E-state index in [0.29, 0.717) is 16.9 Å². The quantitative estimate of drug-likeness (QED) is 0.685. The Balaban J connectivity index is 1.64.